The van der Waals surface area contributed by atoms with E-state index in [0.717, 1.165) is 32.5 Å². The molecule has 1 aliphatic heterocycles. The largest absolute Gasteiger partial charge is 0.356 e. The van der Waals surface area contributed by atoms with Crippen molar-refractivity contribution in [1.29, 1.82) is 0 Å². The van der Waals surface area contributed by atoms with Crippen LogP contribution in [0, 0.1) is 11.8 Å². The standard InChI is InChI=1S/C21H29Cl2N3O2/c22-18-7-6-17(12-19(18)23)25-20(27)14-26-10-8-16(9-11-26)21(28)24-13-15-4-2-1-3-5-15/h6-7,12,15-16H,1-5,8-11,13-14H2,(H,24,28)(H,25,27). The van der Waals surface area contributed by atoms with Gasteiger partial charge in [0.1, 0.15) is 0 Å². The van der Waals surface area contributed by atoms with E-state index < -0.39 is 0 Å². The van der Waals surface area contributed by atoms with Crippen molar-refractivity contribution in [2.24, 2.45) is 11.8 Å². The van der Waals surface area contributed by atoms with Crippen LogP contribution in [0.2, 0.25) is 10.0 Å². The van der Waals surface area contributed by atoms with E-state index in [1.165, 1.54) is 32.1 Å². The smallest absolute Gasteiger partial charge is 0.238 e. The molecule has 2 amide bonds. The van der Waals surface area contributed by atoms with Gasteiger partial charge < -0.3 is 10.6 Å². The molecule has 7 heteroatoms. The van der Waals surface area contributed by atoms with Gasteiger partial charge in [0.2, 0.25) is 11.8 Å². The lowest BCUT2D eigenvalue weighted by molar-refractivity contribution is -0.126. The third-order valence-electron chi connectivity index (χ3n) is 5.82. The Kier molecular flexibility index (Phi) is 8.00. The van der Waals surface area contributed by atoms with Gasteiger partial charge in [0, 0.05) is 18.2 Å². The van der Waals surface area contributed by atoms with E-state index in [9.17, 15) is 9.59 Å². The fourth-order valence-electron chi connectivity index (χ4n) is 4.11. The lowest BCUT2D eigenvalue weighted by Crippen LogP contribution is -2.44. The highest BCUT2D eigenvalue weighted by atomic mass is 35.5. The van der Waals surface area contributed by atoms with Gasteiger partial charge in [-0.15, -0.1) is 0 Å². The molecule has 1 aromatic rings. The predicted octanol–water partition coefficient (Wildman–Crippen LogP) is 4.34. The highest BCUT2D eigenvalue weighted by molar-refractivity contribution is 6.42. The molecule has 1 heterocycles. The summed E-state index contributed by atoms with van der Waals surface area (Å²) in [5.41, 5.74) is 0.636. The van der Waals surface area contributed by atoms with Gasteiger partial charge in [0.05, 0.1) is 16.6 Å². The Labute approximate surface area is 177 Å². The lowest BCUT2D eigenvalue weighted by atomic mass is 9.89. The van der Waals surface area contributed by atoms with Gasteiger partial charge in [-0.3, -0.25) is 14.5 Å². The van der Waals surface area contributed by atoms with Gasteiger partial charge in [-0.05, 0) is 62.9 Å². The fraction of sp³-hybridized carbons (Fsp3) is 0.619. The van der Waals surface area contributed by atoms with Crippen molar-refractivity contribution in [3.63, 3.8) is 0 Å². The molecule has 3 rings (SSSR count). The summed E-state index contributed by atoms with van der Waals surface area (Å²) in [5.74, 6) is 0.824. The van der Waals surface area contributed by atoms with Crippen LogP contribution in [-0.4, -0.2) is 42.9 Å². The first-order chi connectivity index (χ1) is 13.5. The van der Waals surface area contributed by atoms with Crippen molar-refractivity contribution < 1.29 is 9.59 Å². The molecule has 2 fully saturated rings. The molecule has 0 bridgehead atoms. The van der Waals surface area contributed by atoms with E-state index in [2.05, 4.69) is 15.5 Å². The molecule has 1 aliphatic carbocycles. The Balaban J connectivity index is 1.36. The average molecular weight is 426 g/mol. The minimum atomic E-state index is -0.0846. The molecule has 1 saturated heterocycles. The van der Waals surface area contributed by atoms with Crippen molar-refractivity contribution in [1.82, 2.24) is 10.2 Å². The maximum Gasteiger partial charge on any atom is 0.238 e. The van der Waals surface area contributed by atoms with Crippen molar-refractivity contribution in [2.45, 2.75) is 44.9 Å². The Bertz CT molecular complexity index is 684. The Hall–Kier alpha value is -1.30. The average Bonchev–Trinajstić information content (AvgIpc) is 2.70. The molecule has 0 aromatic heterocycles. The van der Waals surface area contributed by atoms with Crippen LogP contribution in [0.1, 0.15) is 44.9 Å². The van der Waals surface area contributed by atoms with Gasteiger partial charge in [-0.2, -0.15) is 0 Å². The van der Waals surface area contributed by atoms with Gasteiger partial charge in [-0.1, -0.05) is 42.5 Å². The van der Waals surface area contributed by atoms with Crippen molar-refractivity contribution >= 4 is 40.7 Å². The third kappa shape index (κ3) is 6.36. The normalized spacial score (nSPS) is 19.4. The summed E-state index contributed by atoms with van der Waals surface area (Å²) in [4.78, 5) is 26.8. The lowest BCUT2D eigenvalue weighted by Gasteiger charge is -2.31. The van der Waals surface area contributed by atoms with Gasteiger partial charge in [0.15, 0.2) is 0 Å². The van der Waals surface area contributed by atoms with Crippen molar-refractivity contribution in [2.75, 3.05) is 31.5 Å². The van der Waals surface area contributed by atoms with Crippen LogP contribution in [0.25, 0.3) is 0 Å². The van der Waals surface area contributed by atoms with E-state index in [0.29, 0.717) is 28.2 Å². The summed E-state index contributed by atoms with van der Waals surface area (Å²) in [6.45, 7) is 2.66. The number of carbonyl (C=O) groups is 2. The number of nitrogens with zero attached hydrogens (tertiary/aromatic N) is 1. The van der Waals surface area contributed by atoms with Gasteiger partial charge in [0.25, 0.3) is 0 Å². The quantitative estimate of drug-likeness (QED) is 0.712. The first kappa shape index (κ1) is 21.4. The number of carbonyl (C=O) groups excluding carboxylic acids is 2. The van der Waals surface area contributed by atoms with Crippen LogP contribution in [0.5, 0.6) is 0 Å². The molecule has 1 aromatic carbocycles. The molecule has 154 valence electrons. The highest BCUT2D eigenvalue weighted by Crippen LogP contribution is 2.25. The van der Waals surface area contributed by atoms with E-state index in [1.807, 2.05) is 0 Å². The number of nitrogens with one attached hydrogen (secondary N) is 2. The van der Waals surface area contributed by atoms with Crippen LogP contribution in [-0.2, 0) is 9.59 Å². The number of rotatable bonds is 6. The Morgan fingerprint density at radius 3 is 2.39 bits per heavy atom. The summed E-state index contributed by atoms with van der Waals surface area (Å²) < 4.78 is 0. The van der Waals surface area contributed by atoms with Crippen LogP contribution in [0.15, 0.2) is 18.2 Å². The molecule has 2 aliphatic rings. The number of anilines is 1. The van der Waals surface area contributed by atoms with Crippen LogP contribution in [0.4, 0.5) is 5.69 Å². The zero-order chi connectivity index (χ0) is 19.9. The third-order valence-corrected chi connectivity index (χ3v) is 6.56. The second-order valence-corrected chi connectivity index (χ2v) is 8.79. The highest BCUT2D eigenvalue weighted by Gasteiger charge is 2.26. The molecular formula is C21H29Cl2N3O2. The van der Waals surface area contributed by atoms with Gasteiger partial charge >= 0.3 is 0 Å². The number of hydrogen-bond acceptors (Lipinski definition) is 3. The number of likely N-dealkylation sites (tertiary alicyclic amines) is 1. The second-order valence-electron chi connectivity index (χ2n) is 7.98. The van der Waals surface area contributed by atoms with Crippen molar-refractivity contribution in [3.05, 3.63) is 28.2 Å². The van der Waals surface area contributed by atoms with Crippen LogP contribution >= 0.6 is 23.2 Å². The first-order valence-corrected chi connectivity index (χ1v) is 11.0. The molecular weight excluding hydrogens is 397 g/mol. The molecule has 0 spiro atoms. The molecule has 0 radical (unpaired) electrons. The maximum atomic E-state index is 12.4. The fourth-order valence-corrected chi connectivity index (χ4v) is 4.41. The molecule has 5 nitrogen and oxygen atoms in total. The Morgan fingerprint density at radius 2 is 1.71 bits per heavy atom. The predicted molar refractivity (Wildman–Crippen MR) is 114 cm³/mol. The van der Waals surface area contributed by atoms with Crippen LogP contribution < -0.4 is 10.6 Å². The Morgan fingerprint density at radius 1 is 1.00 bits per heavy atom. The number of hydrogen-bond donors (Lipinski definition) is 2. The molecule has 1 saturated carbocycles. The SMILES string of the molecule is O=C(CN1CCC(C(=O)NCC2CCCCC2)CC1)Nc1ccc(Cl)c(Cl)c1. The molecule has 28 heavy (non-hydrogen) atoms. The summed E-state index contributed by atoms with van der Waals surface area (Å²) >= 11 is 11.9. The number of piperidine rings is 1. The summed E-state index contributed by atoms with van der Waals surface area (Å²) in [7, 11) is 0. The topological polar surface area (TPSA) is 61.4 Å². The number of benzene rings is 1. The zero-order valence-electron chi connectivity index (χ0n) is 16.2. The van der Waals surface area contributed by atoms with E-state index in [1.54, 1.807) is 18.2 Å². The van der Waals surface area contributed by atoms with E-state index >= 15 is 0 Å². The minimum absolute atomic E-state index is 0.0676. The second kappa shape index (κ2) is 10.5. The summed E-state index contributed by atoms with van der Waals surface area (Å²) in [6, 6.07) is 5.04. The van der Waals surface area contributed by atoms with Crippen LogP contribution in [0.3, 0.4) is 0 Å². The number of amides is 2. The zero-order valence-corrected chi connectivity index (χ0v) is 17.7. The first-order valence-electron chi connectivity index (χ1n) is 10.3. The van der Waals surface area contributed by atoms with E-state index in [4.69, 9.17) is 23.2 Å². The van der Waals surface area contributed by atoms with Crippen molar-refractivity contribution in [3.8, 4) is 0 Å². The summed E-state index contributed by atoms with van der Waals surface area (Å²) in [5, 5.41) is 6.88. The number of halogens is 2. The van der Waals surface area contributed by atoms with E-state index in [-0.39, 0.29) is 17.7 Å². The summed E-state index contributed by atoms with van der Waals surface area (Å²) in [6.07, 6.45) is 8.01. The molecule has 0 atom stereocenters. The molecule has 2 N–H and O–H groups in total. The maximum absolute atomic E-state index is 12.4. The molecule has 0 unspecified atom stereocenters. The monoisotopic (exact) mass is 425 g/mol. The minimum Gasteiger partial charge on any atom is -0.356 e. The van der Waals surface area contributed by atoms with Gasteiger partial charge in [-0.25, -0.2) is 0 Å².